The first-order valence-corrected chi connectivity index (χ1v) is 8.66. The van der Waals surface area contributed by atoms with Crippen molar-refractivity contribution in [3.8, 4) is 0 Å². The number of para-hydroxylation sites is 1. The van der Waals surface area contributed by atoms with Crippen molar-refractivity contribution in [1.29, 1.82) is 0 Å². The van der Waals surface area contributed by atoms with Gasteiger partial charge in [-0.3, -0.25) is 0 Å². The molecule has 2 N–H and O–H groups in total. The molecule has 1 saturated heterocycles. The van der Waals surface area contributed by atoms with Crippen LogP contribution >= 0.6 is 0 Å². The van der Waals surface area contributed by atoms with E-state index < -0.39 is 0 Å². The average molecular weight is 338 g/mol. The summed E-state index contributed by atoms with van der Waals surface area (Å²) in [5.41, 5.74) is 2.04. The number of aliphatic hydroxyl groups excluding tert-OH is 1. The lowest BCUT2D eigenvalue weighted by Gasteiger charge is -2.18. The maximum atomic E-state index is 9.11. The van der Waals surface area contributed by atoms with Gasteiger partial charge >= 0.3 is 0 Å². The summed E-state index contributed by atoms with van der Waals surface area (Å²) in [5.74, 6) is 1.39. The molecule has 1 unspecified atom stereocenters. The fourth-order valence-electron chi connectivity index (χ4n) is 3.41. The molecule has 3 aromatic rings. The molecule has 130 valence electrons. The highest BCUT2D eigenvalue weighted by molar-refractivity contribution is 5.86. The van der Waals surface area contributed by atoms with Crippen molar-refractivity contribution in [2.45, 2.75) is 13.0 Å². The molecule has 1 fully saturated rings. The fraction of sp³-hybridized carbons (Fsp3) is 0.389. The van der Waals surface area contributed by atoms with Gasteiger partial charge < -0.3 is 15.3 Å². The monoisotopic (exact) mass is 338 g/mol. The number of benzene rings is 1. The van der Waals surface area contributed by atoms with Crippen LogP contribution in [-0.4, -0.2) is 51.1 Å². The molecule has 2 aromatic heterocycles. The zero-order chi connectivity index (χ0) is 17.1. The molecule has 0 radical (unpaired) electrons. The minimum atomic E-state index is 0.0426. The Kier molecular flexibility index (Phi) is 4.47. The molecule has 0 bridgehead atoms. The minimum absolute atomic E-state index is 0.0426. The number of nitrogens with zero attached hydrogens (tertiary/aromatic N) is 5. The Morgan fingerprint density at radius 3 is 2.92 bits per heavy atom. The van der Waals surface area contributed by atoms with E-state index in [1.54, 1.807) is 17.2 Å². The third kappa shape index (κ3) is 3.28. The zero-order valence-electron chi connectivity index (χ0n) is 14.0. The van der Waals surface area contributed by atoms with E-state index in [0.717, 1.165) is 36.5 Å². The van der Waals surface area contributed by atoms with Crippen molar-refractivity contribution in [3.63, 3.8) is 0 Å². The standard InChI is InChI=1S/C18H22N6O/c25-9-8-24-18-16(11-22-24)17(20-13-21-18)19-10-14-6-7-23(12-14)15-4-2-1-3-5-15/h1-5,11,13-14,25H,6-10,12H2,(H,19,20,21). The first kappa shape index (κ1) is 15.8. The number of nitrogens with one attached hydrogen (secondary N) is 1. The van der Waals surface area contributed by atoms with Crippen molar-refractivity contribution >= 4 is 22.5 Å². The number of rotatable bonds is 6. The lowest BCUT2D eigenvalue weighted by Crippen LogP contribution is -2.22. The van der Waals surface area contributed by atoms with Gasteiger partial charge in [0.25, 0.3) is 0 Å². The van der Waals surface area contributed by atoms with E-state index in [9.17, 15) is 0 Å². The molecule has 7 nitrogen and oxygen atoms in total. The molecule has 25 heavy (non-hydrogen) atoms. The second-order valence-corrected chi connectivity index (χ2v) is 6.37. The van der Waals surface area contributed by atoms with Gasteiger partial charge in [0, 0.05) is 25.3 Å². The van der Waals surface area contributed by atoms with Crippen molar-refractivity contribution in [3.05, 3.63) is 42.9 Å². The van der Waals surface area contributed by atoms with E-state index in [2.05, 4.69) is 55.6 Å². The Hall–Kier alpha value is -2.67. The lowest BCUT2D eigenvalue weighted by molar-refractivity contribution is 0.271. The summed E-state index contributed by atoms with van der Waals surface area (Å²) in [7, 11) is 0. The number of hydrogen-bond donors (Lipinski definition) is 2. The molecule has 1 aromatic carbocycles. The summed E-state index contributed by atoms with van der Waals surface area (Å²) in [6, 6.07) is 10.6. The first-order valence-electron chi connectivity index (χ1n) is 8.66. The summed E-state index contributed by atoms with van der Waals surface area (Å²) < 4.78 is 1.70. The molecule has 3 heterocycles. The van der Waals surface area contributed by atoms with Crippen LogP contribution in [0.4, 0.5) is 11.5 Å². The van der Waals surface area contributed by atoms with Crippen LogP contribution < -0.4 is 10.2 Å². The summed E-state index contributed by atoms with van der Waals surface area (Å²) in [5, 5.41) is 17.8. The van der Waals surface area contributed by atoms with Crippen LogP contribution in [0.25, 0.3) is 11.0 Å². The highest BCUT2D eigenvalue weighted by Crippen LogP contribution is 2.25. The minimum Gasteiger partial charge on any atom is -0.394 e. The van der Waals surface area contributed by atoms with E-state index in [4.69, 9.17) is 5.11 Å². The number of fused-ring (bicyclic) bond motifs is 1. The molecule has 7 heteroatoms. The van der Waals surface area contributed by atoms with Gasteiger partial charge in [-0.15, -0.1) is 0 Å². The summed E-state index contributed by atoms with van der Waals surface area (Å²) in [6.07, 6.45) is 4.48. The van der Waals surface area contributed by atoms with Crippen LogP contribution in [0, 0.1) is 5.92 Å². The van der Waals surface area contributed by atoms with Crippen molar-refractivity contribution in [2.24, 2.45) is 5.92 Å². The third-order valence-corrected chi connectivity index (χ3v) is 4.71. The maximum Gasteiger partial charge on any atom is 0.163 e. The molecule has 0 aliphatic carbocycles. The number of anilines is 2. The van der Waals surface area contributed by atoms with E-state index in [1.165, 1.54) is 12.1 Å². The van der Waals surface area contributed by atoms with Crippen LogP contribution in [0.15, 0.2) is 42.9 Å². The Balaban J connectivity index is 1.41. The average Bonchev–Trinajstić information content (AvgIpc) is 3.29. The van der Waals surface area contributed by atoms with Gasteiger partial charge in [0.15, 0.2) is 5.65 Å². The van der Waals surface area contributed by atoms with Crippen molar-refractivity contribution < 1.29 is 5.11 Å². The summed E-state index contributed by atoms with van der Waals surface area (Å²) >= 11 is 0. The summed E-state index contributed by atoms with van der Waals surface area (Å²) in [4.78, 5) is 11.1. The van der Waals surface area contributed by atoms with Gasteiger partial charge in [-0.1, -0.05) is 18.2 Å². The maximum absolute atomic E-state index is 9.11. The Bertz CT molecular complexity index is 834. The smallest absolute Gasteiger partial charge is 0.163 e. The van der Waals surface area contributed by atoms with Crippen molar-refractivity contribution in [1.82, 2.24) is 19.7 Å². The van der Waals surface area contributed by atoms with Gasteiger partial charge in [0.05, 0.1) is 24.7 Å². The van der Waals surface area contributed by atoms with Crippen molar-refractivity contribution in [2.75, 3.05) is 36.5 Å². The van der Waals surface area contributed by atoms with Crippen LogP contribution in [-0.2, 0) is 6.54 Å². The Morgan fingerprint density at radius 1 is 1.20 bits per heavy atom. The van der Waals surface area contributed by atoms with Gasteiger partial charge in [0.2, 0.25) is 0 Å². The van der Waals surface area contributed by atoms with Gasteiger partial charge in [0.1, 0.15) is 12.1 Å². The summed E-state index contributed by atoms with van der Waals surface area (Å²) in [6.45, 7) is 3.50. The molecular weight excluding hydrogens is 316 g/mol. The molecule has 1 aliphatic rings. The molecule has 0 amide bonds. The van der Waals surface area contributed by atoms with Crippen LogP contribution in [0.3, 0.4) is 0 Å². The predicted octanol–water partition coefficient (Wildman–Crippen LogP) is 1.76. The molecule has 4 rings (SSSR count). The van der Waals surface area contributed by atoms with Crippen LogP contribution in [0.1, 0.15) is 6.42 Å². The number of aliphatic hydroxyl groups is 1. The highest BCUT2D eigenvalue weighted by Gasteiger charge is 2.22. The second kappa shape index (κ2) is 7.06. The van der Waals surface area contributed by atoms with E-state index >= 15 is 0 Å². The van der Waals surface area contributed by atoms with Gasteiger partial charge in [-0.25, -0.2) is 14.6 Å². The molecular formula is C18H22N6O. The zero-order valence-corrected chi connectivity index (χ0v) is 14.0. The van der Waals surface area contributed by atoms with Gasteiger partial charge in [-0.05, 0) is 24.5 Å². The first-order chi connectivity index (χ1) is 12.3. The second-order valence-electron chi connectivity index (χ2n) is 6.37. The topological polar surface area (TPSA) is 79.1 Å². The third-order valence-electron chi connectivity index (χ3n) is 4.71. The largest absolute Gasteiger partial charge is 0.394 e. The molecule has 1 aliphatic heterocycles. The van der Waals surface area contributed by atoms with E-state index in [0.29, 0.717) is 12.5 Å². The SMILES string of the molecule is OCCn1ncc2c(NCC3CCN(c4ccccc4)C3)ncnc21. The lowest BCUT2D eigenvalue weighted by atomic mass is 10.1. The number of hydrogen-bond acceptors (Lipinski definition) is 6. The molecule has 0 spiro atoms. The highest BCUT2D eigenvalue weighted by atomic mass is 16.3. The predicted molar refractivity (Wildman–Crippen MR) is 97.7 cm³/mol. The fourth-order valence-corrected chi connectivity index (χ4v) is 3.41. The van der Waals surface area contributed by atoms with E-state index in [-0.39, 0.29) is 6.61 Å². The molecule has 1 atom stereocenters. The van der Waals surface area contributed by atoms with Gasteiger partial charge in [-0.2, -0.15) is 5.10 Å². The number of aromatic nitrogens is 4. The quantitative estimate of drug-likeness (QED) is 0.713. The van der Waals surface area contributed by atoms with Crippen LogP contribution in [0.2, 0.25) is 0 Å². The normalized spacial score (nSPS) is 17.3. The molecule has 0 saturated carbocycles. The Morgan fingerprint density at radius 2 is 2.08 bits per heavy atom. The van der Waals surface area contributed by atoms with Crippen LogP contribution in [0.5, 0.6) is 0 Å². The Labute approximate surface area is 146 Å². The van der Waals surface area contributed by atoms with E-state index in [1.807, 2.05) is 0 Å².